The molecule has 26 aromatic rings. The Morgan fingerprint density at radius 3 is 0.699 bits per heavy atom. The Morgan fingerprint density at radius 1 is 0.114 bits per heavy atom. The van der Waals surface area contributed by atoms with Crippen molar-refractivity contribution in [2.24, 2.45) is 0 Å². The lowest BCUT2D eigenvalue weighted by Crippen LogP contribution is -1.91. The Morgan fingerprint density at radius 2 is 0.341 bits per heavy atom. The highest BCUT2D eigenvalue weighted by Gasteiger charge is 2.23. The van der Waals surface area contributed by atoms with Gasteiger partial charge in [-0.3, -0.25) is 0 Å². The minimum atomic E-state index is 0.922. The largest absolute Gasteiger partial charge is 0.456 e. The first kappa shape index (κ1) is 71.0. The van der Waals surface area contributed by atoms with Crippen LogP contribution in [0.5, 0.6) is 0 Å². The lowest BCUT2D eigenvalue weighted by molar-refractivity contribution is 0.668. The highest BCUT2D eigenvalue weighted by molar-refractivity contribution is 6.26. The molecule has 0 saturated carbocycles. The number of fused-ring (bicyclic) bond motifs is 18. The molecule has 0 N–H and O–H groups in total. The summed E-state index contributed by atoms with van der Waals surface area (Å²) in [7, 11) is 0. The van der Waals surface area contributed by atoms with Crippen LogP contribution in [0, 0.1) is 0 Å². The first-order chi connectivity index (χ1) is 61.0. The summed E-state index contributed by atoms with van der Waals surface area (Å²) in [4.78, 5) is 0. The van der Waals surface area contributed by atoms with E-state index in [1.165, 1.54) is 175 Å². The average molecular weight is 1560 g/mol. The SMILES string of the molecule is c1ccc2cc(-c3c4ccccc4c(-c4ccc(-c5ccc6oc7ccccc7c6c5)cc4)c4ccccc34)ccc2c1.c1ccc2cc(-c3c4ccccc4c(-c4ccc(-c5cccc6c5oc5ccccc56)cc4)c4ccccc34)ccc2c1.c1ccc2cc(-c3c4ccccc4c(-c4ccc5oc6ccccc6c5c4)c4ccccc34)ccc2c1. The van der Waals surface area contributed by atoms with Gasteiger partial charge >= 0.3 is 0 Å². The molecule has 0 fully saturated rings. The fourth-order valence-corrected chi connectivity index (χ4v) is 19.7. The van der Waals surface area contributed by atoms with Crippen LogP contribution < -0.4 is 0 Å². The van der Waals surface area contributed by atoms with E-state index in [1.54, 1.807) is 0 Å². The molecule has 0 spiro atoms. The minimum absolute atomic E-state index is 0.922. The number of benzene rings is 23. The lowest BCUT2D eigenvalue weighted by atomic mass is 9.85. The van der Waals surface area contributed by atoms with Crippen LogP contribution >= 0.6 is 0 Å². The molecule has 0 amide bonds. The van der Waals surface area contributed by atoms with E-state index >= 15 is 0 Å². The third-order valence-corrected chi connectivity index (χ3v) is 25.3. The van der Waals surface area contributed by atoms with Gasteiger partial charge < -0.3 is 13.3 Å². The second-order valence-electron chi connectivity index (χ2n) is 32.3. The topological polar surface area (TPSA) is 39.4 Å². The van der Waals surface area contributed by atoms with Gasteiger partial charge in [0.1, 0.15) is 33.5 Å². The van der Waals surface area contributed by atoms with Crippen molar-refractivity contribution in [2.75, 3.05) is 0 Å². The summed E-state index contributed by atoms with van der Waals surface area (Å²) in [6.45, 7) is 0. The Bertz CT molecular complexity index is 8570. The summed E-state index contributed by atoms with van der Waals surface area (Å²) in [6, 6.07) is 162. The lowest BCUT2D eigenvalue weighted by Gasteiger charge is -2.18. The molecule has 3 nitrogen and oxygen atoms in total. The van der Waals surface area contributed by atoms with Gasteiger partial charge in [-0.05, 0) is 241 Å². The smallest absolute Gasteiger partial charge is 0.143 e. The second kappa shape index (κ2) is 29.4. The quantitative estimate of drug-likeness (QED) is 0.142. The van der Waals surface area contributed by atoms with Crippen LogP contribution in [0.2, 0.25) is 0 Å². The van der Waals surface area contributed by atoms with Crippen molar-refractivity contribution in [1.82, 2.24) is 0 Å². The molecule has 0 aliphatic carbocycles. The maximum absolute atomic E-state index is 6.35. The zero-order valence-corrected chi connectivity index (χ0v) is 66.9. The number of rotatable bonds is 8. The van der Waals surface area contributed by atoms with Gasteiger partial charge in [0.25, 0.3) is 0 Å². The molecule has 0 saturated heterocycles. The van der Waals surface area contributed by atoms with E-state index in [9.17, 15) is 0 Å². The Hall–Kier alpha value is -16.2. The number of hydrogen-bond donors (Lipinski definition) is 0. The van der Waals surface area contributed by atoms with Gasteiger partial charge in [0.2, 0.25) is 0 Å². The Labute approximate surface area is 709 Å². The van der Waals surface area contributed by atoms with Crippen molar-refractivity contribution >= 4 is 163 Å². The Balaban J connectivity index is 0.000000104. The van der Waals surface area contributed by atoms with Gasteiger partial charge in [0.15, 0.2) is 0 Å². The Kier molecular flexibility index (Phi) is 17.0. The molecule has 123 heavy (non-hydrogen) atoms. The summed E-state index contributed by atoms with van der Waals surface area (Å²) in [5.74, 6) is 0. The molecule has 3 heteroatoms. The van der Waals surface area contributed by atoms with Crippen LogP contribution in [0.15, 0.2) is 462 Å². The van der Waals surface area contributed by atoms with Crippen molar-refractivity contribution in [3.05, 3.63) is 449 Å². The minimum Gasteiger partial charge on any atom is -0.456 e. The van der Waals surface area contributed by atoms with Gasteiger partial charge in [0.05, 0.1) is 0 Å². The molecule has 0 aliphatic rings. The van der Waals surface area contributed by atoms with Gasteiger partial charge in [0, 0.05) is 37.9 Å². The maximum Gasteiger partial charge on any atom is 0.143 e. The molecular weight excluding hydrogens is 1490 g/mol. The van der Waals surface area contributed by atoms with E-state index in [2.05, 4.69) is 413 Å². The standard InChI is InChI=1S/2C42H26O.C36H22O/c1-2-11-30-26-31(25-20-27(30)10-1)41-36-15-5-3-13-34(36)40(35-14-4-6-16-37(35)41)29-23-21-28(22-24-29)32-17-9-18-38-33-12-7-8-19-39(33)43-42(32)38;1-2-10-30-25-32(22-19-27(30)9-1)42-36-14-5-3-12-34(36)41(35-13-4-6-15-37(35)42)29-20-17-28(18-21-29)31-23-24-40-38(26-31)33-11-7-8-16-39(33)43-40;1-2-10-24-21-25(18-17-23(24)9-1)35-28-12-3-5-14-30(28)36(31-15-6-4-13-29(31)35)26-19-20-34-32(22-26)27-11-7-8-16-33(27)37-34/h2*1-26H;1-22H. The zero-order chi connectivity index (χ0) is 81.0. The molecule has 0 bridgehead atoms. The first-order valence-electron chi connectivity index (χ1n) is 42.2. The summed E-state index contributed by atoms with van der Waals surface area (Å²) in [6.07, 6.45) is 0. The van der Waals surface area contributed by atoms with E-state index in [1.807, 2.05) is 36.4 Å². The van der Waals surface area contributed by atoms with E-state index in [-0.39, 0.29) is 0 Å². The van der Waals surface area contributed by atoms with E-state index in [4.69, 9.17) is 13.3 Å². The number of hydrogen-bond acceptors (Lipinski definition) is 3. The first-order valence-corrected chi connectivity index (χ1v) is 42.2. The van der Waals surface area contributed by atoms with Crippen LogP contribution in [0.4, 0.5) is 0 Å². The van der Waals surface area contributed by atoms with Crippen LogP contribution in [-0.4, -0.2) is 0 Å². The molecule has 572 valence electrons. The van der Waals surface area contributed by atoms with Crippen LogP contribution in [0.3, 0.4) is 0 Å². The molecular formula is C120H74O3. The molecule has 0 aliphatic heterocycles. The summed E-state index contributed by atoms with van der Waals surface area (Å²) in [5.41, 5.74) is 25.2. The normalized spacial score (nSPS) is 11.7. The predicted molar refractivity (Wildman–Crippen MR) is 522 cm³/mol. The number of furan rings is 3. The maximum atomic E-state index is 6.35. The van der Waals surface area contributed by atoms with Gasteiger partial charge in [-0.1, -0.05) is 388 Å². The molecule has 0 radical (unpaired) electrons. The second-order valence-corrected chi connectivity index (χ2v) is 32.3. The summed E-state index contributed by atoms with van der Waals surface area (Å²) in [5, 5.41) is 29.7. The van der Waals surface area contributed by atoms with Gasteiger partial charge in [-0.2, -0.15) is 0 Å². The average Bonchev–Trinajstić information content (AvgIpc) is 1.45. The van der Waals surface area contributed by atoms with Gasteiger partial charge in [-0.15, -0.1) is 0 Å². The molecule has 26 rings (SSSR count). The van der Waals surface area contributed by atoms with E-state index in [0.29, 0.717) is 0 Å². The molecule has 23 aromatic carbocycles. The highest BCUT2D eigenvalue weighted by Crippen LogP contribution is 2.50. The van der Waals surface area contributed by atoms with Crippen molar-refractivity contribution in [3.8, 4) is 89.0 Å². The monoisotopic (exact) mass is 1560 g/mol. The fraction of sp³-hybridized carbons (Fsp3) is 0. The summed E-state index contributed by atoms with van der Waals surface area (Å²) < 4.78 is 18.5. The molecule has 0 atom stereocenters. The summed E-state index contributed by atoms with van der Waals surface area (Å²) >= 11 is 0. The third kappa shape index (κ3) is 12.1. The zero-order valence-electron chi connectivity index (χ0n) is 66.9. The fourth-order valence-electron chi connectivity index (χ4n) is 19.7. The third-order valence-electron chi connectivity index (χ3n) is 25.3. The van der Waals surface area contributed by atoms with E-state index < -0.39 is 0 Å². The molecule has 0 unspecified atom stereocenters. The van der Waals surface area contributed by atoms with Crippen molar-refractivity contribution in [3.63, 3.8) is 0 Å². The van der Waals surface area contributed by atoms with Crippen LogP contribution in [-0.2, 0) is 0 Å². The van der Waals surface area contributed by atoms with Crippen molar-refractivity contribution in [1.29, 1.82) is 0 Å². The molecule has 3 heterocycles. The van der Waals surface area contributed by atoms with Gasteiger partial charge in [-0.25, -0.2) is 0 Å². The predicted octanol–water partition coefficient (Wildman–Crippen LogP) is 34.5. The van der Waals surface area contributed by atoms with E-state index in [0.717, 1.165) is 76.9 Å². The molecule has 3 aromatic heterocycles. The van der Waals surface area contributed by atoms with Crippen molar-refractivity contribution < 1.29 is 13.3 Å². The number of para-hydroxylation sites is 4. The van der Waals surface area contributed by atoms with Crippen molar-refractivity contribution in [2.45, 2.75) is 0 Å². The van der Waals surface area contributed by atoms with Crippen LogP contribution in [0.1, 0.15) is 0 Å². The van der Waals surface area contributed by atoms with Crippen LogP contribution in [0.25, 0.3) is 252 Å². The highest BCUT2D eigenvalue weighted by atomic mass is 16.3.